The van der Waals surface area contributed by atoms with Gasteiger partial charge in [-0.05, 0) is 37.5 Å². The normalized spacial score (nSPS) is 10.6. The number of hydrogen-bond donors (Lipinski definition) is 3. The van der Waals surface area contributed by atoms with Gasteiger partial charge < -0.3 is 15.5 Å². The summed E-state index contributed by atoms with van der Waals surface area (Å²) in [5, 5.41) is 9.66. The third kappa shape index (κ3) is 3.45. The lowest BCUT2D eigenvalue weighted by Gasteiger charge is -2.03. The maximum atomic E-state index is 11.7. The van der Waals surface area contributed by atoms with Crippen molar-refractivity contribution in [2.45, 2.75) is 26.3 Å². The molecule has 0 fully saturated rings. The Morgan fingerprint density at radius 1 is 1.53 bits per heavy atom. The zero-order valence-electron chi connectivity index (χ0n) is 10.9. The lowest BCUT2D eigenvalue weighted by Crippen LogP contribution is -2.24. The Bertz CT molecular complexity index is 544. The molecular formula is C13H18N4O2. The van der Waals surface area contributed by atoms with E-state index in [1.807, 2.05) is 13.1 Å². The largest absolute Gasteiger partial charge is 0.455 e. The molecule has 0 spiro atoms. The Labute approximate surface area is 111 Å². The summed E-state index contributed by atoms with van der Waals surface area (Å²) in [5.74, 6) is 0.711. The predicted molar refractivity (Wildman–Crippen MR) is 70.6 cm³/mol. The molecule has 0 saturated heterocycles. The highest BCUT2D eigenvalue weighted by atomic mass is 16.4. The van der Waals surface area contributed by atoms with Gasteiger partial charge in [0.2, 0.25) is 0 Å². The van der Waals surface area contributed by atoms with Crippen molar-refractivity contribution < 1.29 is 9.21 Å². The van der Waals surface area contributed by atoms with E-state index in [0.29, 0.717) is 24.6 Å². The molecule has 19 heavy (non-hydrogen) atoms. The summed E-state index contributed by atoms with van der Waals surface area (Å²) in [6.07, 6.45) is 3.56. The molecule has 0 saturated carbocycles. The minimum atomic E-state index is -0.205. The van der Waals surface area contributed by atoms with Gasteiger partial charge >= 0.3 is 0 Å². The summed E-state index contributed by atoms with van der Waals surface area (Å²) >= 11 is 0. The molecule has 0 radical (unpaired) electrons. The standard InChI is InChI=1S/C13H18N4O2/c1-9-10(8-16-17-9)3-2-6-15-13(18)12-5-4-11(7-14)19-12/h4-5,8H,2-3,6-7,14H2,1H3,(H,15,18)(H,16,17). The fourth-order valence-corrected chi connectivity index (χ4v) is 1.81. The number of hydrogen-bond acceptors (Lipinski definition) is 4. The molecule has 2 aromatic heterocycles. The molecule has 2 aromatic rings. The molecule has 0 bridgehead atoms. The maximum absolute atomic E-state index is 11.7. The van der Waals surface area contributed by atoms with Gasteiger partial charge in [0.15, 0.2) is 5.76 Å². The number of nitrogens with two attached hydrogens (primary N) is 1. The van der Waals surface area contributed by atoms with E-state index in [-0.39, 0.29) is 5.91 Å². The number of amides is 1. The first kappa shape index (κ1) is 13.4. The van der Waals surface area contributed by atoms with Crippen molar-refractivity contribution in [3.63, 3.8) is 0 Å². The van der Waals surface area contributed by atoms with Gasteiger partial charge in [-0.15, -0.1) is 0 Å². The summed E-state index contributed by atoms with van der Waals surface area (Å²) in [6.45, 7) is 2.88. The number of nitrogens with zero attached hydrogens (tertiary/aromatic N) is 1. The second-order valence-electron chi connectivity index (χ2n) is 4.35. The van der Waals surface area contributed by atoms with Crippen LogP contribution < -0.4 is 11.1 Å². The fourth-order valence-electron chi connectivity index (χ4n) is 1.81. The van der Waals surface area contributed by atoms with Crippen LogP contribution in [0.4, 0.5) is 0 Å². The van der Waals surface area contributed by atoms with E-state index in [1.54, 1.807) is 12.1 Å². The summed E-state index contributed by atoms with van der Waals surface area (Å²) in [5.41, 5.74) is 7.67. The lowest BCUT2D eigenvalue weighted by molar-refractivity contribution is 0.0924. The Balaban J connectivity index is 1.73. The second-order valence-corrected chi connectivity index (χ2v) is 4.35. The van der Waals surface area contributed by atoms with Crippen LogP contribution in [0.1, 0.15) is 34.0 Å². The fraction of sp³-hybridized carbons (Fsp3) is 0.385. The zero-order valence-corrected chi connectivity index (χ0v) is 10.9. The Hall–Kier alpha value is -2.08. The number of rotatable bonds is 6. The van der Waals surface area contributed by atoms with Crippen molar-refractivity contribution in [3.8, 4) is 0 Å². The monoisotopic (exact) mass is 262 g/mol. The van der Waals surface area contributed by atoms with Gasteiger partial charge in [-0.2, -0.15) is 5.10 Å². The van der Waals surface area contributed by atoms with Crippen LogP contribution in [0.15, 0.2) is 22.7 Å². The van der Waals surface area contributed by atoms with Crippen LogP contribution in [0.25, 0.3) is 0 Å². The first-order valence-corrected chi connectivity index (χ1v) is 6.26. The van der Waals surface area contributed by atoms with Gasteiger partial charge in [0.05, 0.1) is 12.7 Å². The molecule has 0 unspecified atom stereocenters. The molecule has 6 heteroatoms. The molecule has 6 nitrogen and oxygen atoms in total. The maximum Gasteiger partial charge on any atom is 0.286 e. The molecule has 0 atom stereocenters. The van der Waals surface area contributed by atoms with Gasteiger partial charge in [-0.3, -0.25) is 9.89 Å². The van der Waals surface area contributed by atoms with Crippen LogP contribution in [0.3, 0.4) is 0 Å². The minimum absolute atomic E-state index is 0.205. The van der Waals surface area contributed by atoms with E-state index < -0.39 is 0 Å². The molecular weight excluding hydrogens is 244 g/mol. The van der Waals surface area contributed by atoms with Gasteiger partial charge in [-0.1, -0.05) is 0 Å². The van der Waals surface area contributed by atoms with E-state index in [2.05, 4.69) is 15.5 Å². The predicted octanol–water partition coefficient (Wildman–Crippen LogP) is 1.13. The summed E-state index contributed by atoms with van der Waals surface area (Å²) in [7, 11) is 0. The zero-order chi connectivity index (χ0) is 13.7. The van der Waals surface area contributed by atoms with Crippen molar-refractivity contribution in [2.24, 2.45) is 5.73 Å². The highest BCUT2D eigenvalue weighted by Gasteiger charge is 2.09. The van der Waals surface area contributed by atoms with Gasteiger partial charge in [-0.25, -0.2) is 0 Å². The molecule has 0 aliphatic heterocycles. The van der Waals surface area contributed by atoms with E-state index in [9.17, 15) is 4.79 Å². The Morgan fingerprint density at radius 3 is 3.00 bits per heavy atom. The van der Waals surface area contributed by atoms with Crippen molar-refractivity contribution in [1.29, 1.82) is 0 Å². The first-order valence-electron chi connectivity index (χ1n) is 6.26. The number of aromatic nitrogens is 2. The van der Waals surface area contributed by atoms with Crippen molar-refractivity contribution in [2.75, 3.05) is 6.54 Å². The van der Waals surface area contributed by atoms with Crippen molar-refractivity contribution in [3.05, 3.63) is 41.1 Å². The third-order valence-electron chi connectivity index (χ3n) is 2.93. The van der Waals surface area contributed by atoms with Crippen LogP contribution in [0.5, 0.6) is 0 Å². The molecule has 0 aromatic carbocycles. The molecule has 102 valence electrons. The summed E-state index contributed by atoms with van der Waals surface area (Å²) in [6, 6.07) is 3.35. The first-order chi connectivity index (χ1) is 9.20. The number of carbonyl (C=O) groups is 1. The number of carbonyl (C=O) groups excluding carboxylic acids is 1. The van der Waals surface area contributed by atoms with Crippen molar-refractivity contribution in [1.82, 2.24) is 15.5 Å². The smallest absolute Gasteiger partial charge is 0.286 e. The van der Waals surface area contributed by atoms with Crippen molar-refractivity contribution >= 4 is 5.91 Å². The minimum Gasteiger partial charge on any atom is -0.455 e. The van der Waals surface area contributed by atoms with Gasteiger partial charge in [0.1, 0.15) is 5.76 Å². The molecule has 1 amide bonds. The topological polar surface area (TPSA) is 96.9 Å². The van der Waals surface area contributed by atoms with E-state index in [0.717, 1.165) is 18.5 Å². The second kappa shape index (κ2) is 6.19. The summed E-state index contributed by atoms with van der Waals surface area (Å²) in [4.78, 5) is 11.7. The number of nitrogens with one attached hydrogen (secondary N) is 2. The molecule has 4 N–H and O–H groups in total. The van der Waals surface area contributed by atoms with Crippen LogP contribution in [0.2, 0.25) is 0 Å². The van der Waals surface area contributed by atoms with Crippen LogP contribution in [0, 0.1) is 6.92 Å². The Morgan fingerprint density at radius 2 is 2.37 bits per heavy atom. The molecule has 2 heterocycles. The highest BCUT2D eigenvalue weighted by Crippen LogP contribution is 2.07. The highest BCUT2D eigenvalue weighted by molar-refractivity contribution is 5.91. The van der Waals surface area contributed by atoms with E-state index in [1.165, 1.54) is 5.56 Å². The average molecular weight is 262 g/mol. The number of H-pyrrole nitrogens is 1. The van der Waals surface area contributed by atoms with Gasteiger partial charge in [0.25, 0.3) is 5.91 Å². The van der Waals surface area contributed by atoms with Crippen LogP contribution in [-0.4, -0.2) is 22.6 Å². The summed E-state index contributed by atoms with van der Waals surface area (Å²) < 4.78 is 5.26. The average Bonchev–Trinajstić information content (AvgIpc) is 3.03. The number of furan rings is 1. The molecule has 0 aliphatic rings. The lowest BCUT2D eigenvalue weighted by atomic mass is 10.1. The quantitative estimate of drug-likeness (QED) is 0.680. The third-order valence-corrected chi connectivity index (χ3v) is 2.93. The van der Waals surface area contributed by atoms with Crippen LogP contribution in [-0.2, 0) is 13.0 Å². The molecule has 0 aliphatic carbocycles. The SMILES string of the molecule is Cc1[nH]ncc1CCCNC(=O)c1ccc(CN)o1. The number of aromatic amines is 1. The Kier molecular flexibility index (Phi) is 4.35. The molecule has 2 rings (SSSR count). The number of aryl methyl sites for hydroxylation is 2. The van der Waals surface area contributed by atoms with E-state index >= 15 is 0 Å². The van der Waals surface area contributed by atoms with Crippen LogP contribution >= 0.6 is 0 Å². The van der Waals surface area contributed by atoms with Gasteiger partial charge in [0, 0.05) is 12.2 Å². The van der Waals surface area contributed by atoms with E-state index in [4.69, 9.17) is 10.2 Å².